The van der Waals surface area contributed by atoms with Crippen LogP contribution in [0.5, 0.6) is 0 Å². The minimum atomic E-state index is -0.209. The van der Waals surface area contributed by atoms with Crippen molar-refractivity contribution in [2.75, 3.05) is 44.2 Å². The summed E-state index contributed by atoms with van der Waals surface area (Å²) in [4.78, 5) is 16.6. The number of amides is 1. The fraction of sp³-hybridized carbons (Fsp3) is 0.588. The van der Waals surface area contributed by atoms with E-state index in [2.05, 4.69) is 10.2 Å². The van der Waals surface area contributed by atoms with Crippen molar-refractivity contribution < 1.29 is 9.18 Å². The Kier molecular flexibility index (Phi) is 8.81. The van der Waals surface area contributed by atoms with Crippen molar-refractivity contribution in [1.82, 2.24) is 10.2 Å². The van der Waals surface area contributed by atoms with Crippen molar-refractivity contribution in [2.24, 2.45) is 5.92 Å². The van der Waals surface area contributed by atoms with E-state index in [9.17, 15) is 9.18 Å². The molecule has 1 aromatic carbocycles. The Labute approximate surface area is 155 Å². The second-order valence-corrected chi connectivity index (χ2v) is 6.24. The molecule has 0 spiro atoms. The monoisotopic (exact) mass is 377 g/mol. The number of hydrogen-bond acceptors (Lipinski definition) is 3. The molecule has 0 bridgehead atoms. The molecule has 0 radical (unpaired) electrons. The van der Waals surface area contributed by atoms with Gasteiger partial charge in [-0.15, -0.1) is 24.8 Å². The molecule has 2 aliphatic heterocycles. The molecule has 7 heteroatoms. The number of benzene rings is 1. The lowest BCUT2D eigenvalue weighted by Crippen LogP contribution is -2.49. The quantitative estimate of drug-likeness (QED) is 0.879. The highest BCUT2D eigenvalue weighted by atomic mass is 35.5. The average Bonchev–Trinajstić information content (AvgIpc) is 2.57. The van der Waals surface area contributed by atoms with E-state index in [0.29, 0.717) is 18.2 Å². The predicted molar refractivity (Wildman–Crippen MR) is 99.9 cm³/mol. The number of nitrogens with one attached hydrogen (secondary N) is 1. The van der Waals surface area contributed by atoms with Gasteiger partial charge in [-0.25, -0.2) is 4.39 Å². The van der Waals surface area contributed by atoms with Crippen LogP contribution in [-0.2, 0) is 4.79 Å². The lowest BCUT2D eigenvalue weighted by atomic mass is 9.94. The van der Waals surface area contributed by atoms with Gasteiger partial charge in [-0.3, -0.25) is 4.79 Å². The molecule has 2 heterocycles. The summed E-state index contributed by atoms with van der Waals surface area (Å²) in [5.74, 6) is 0.633. The van der Waals surface area contributed by atoms with Crippen LogP contribution in [0.15, 0.2) is 24.3 Å². The van der Waals surface area contributed by atoms with Crippen molar-refractivity contribution in [3.8, 4) is 0 Å². The molecule has 0 atom stereocenters. The number of piperazine rings is 1. The molecule has 0 aromatic heterocycles. The molecule has 2 fully saturated rings. The second-order valence-electron chi connectivity index (χ2n) is 6.24. The van der Waals surface area contributed by atoms with Gasteiger partial charge in [-0.1, -0.05) is 0 Å². The summed E-state index contributed by atoms with van der Waals surface area (Å²) in [5.41, 5.74) is 1.03. The van der Waals surface area contributed by atoms with Crippen LogP contribution in [0.4, 0.5) is 10.1 Å². The van der Waals surface area contributed by atoms with Gasteiger partial charge in [-0.05, 0) is 56.1 Å². The molecule has 0 saturated carbocycles. The zero-order valence-electron chi connectivity index (χ0n) is 13.7. The van der Waals surface area contributed by atoms with Gasteiger partial charge in [0.15, 0.2) is 0 Å². The van der Waals surface area contributed by atoms with Crippen LogP contribution >= 0.6 is 24.8 Å². The number of anilines is 1. The Bertz CT molecular complexity index is 501. The Morgan fingerprint density at radius 2 is 1.62 bits per heavy atom. The summed E-state index contributed by atoms with van der Waals surface area (Å²) in [6.45, 7) is 5.25. The summed E-state index contributed by atoms with van der Waals surface area (Å²) < 4.78 is 13.0. The van der Waals surface area contributed by atoms with Crippen LogP contribution in [-0.4, -0.2) is 50.1 Å². The standard InChI is InChI=1S/C17H24FN3O.2ClH/c18-15-1-3-16(4-2-15)20-9-11-21(12-10-20)17(22)13-14-5-7-19-8-6-14;;/h1-4,14,19H,5-13H2;2*1H. The fourth-order valence-electron chi connectivity index (χ4n) is 3.33. The number of nitrogens with zero attached hydrogens (tertiary/aromatic N) is 2. The number of rotatable bonds is 3. The van der Waals surface area contributed by atoms with Gasteiger partial charge in [0.25, 0.3) is 0 Å². The number of piperidine rings is 1. The van der Waals surface area contributed by atoms with E-state index in [4.69, 9.17) is 0 Å². The third kappa shape index (κ3) is 5.50. The molecule has 0 aliphatic carbocycles. The lowest BCUT2D eigenvalue weighted by Gasteiger charge is -2.37. The summed E-state index contributed by atoms with van der Waals surface area (Å²) >= 11 is 0. The van der Waals surface area contributed by atoms with Gasteiger partial charge < -0.3 is 15.1 Å². The minimum absolute atomic E-state index is 0. The Morgan fingerprint density at radius 3 is 2.21 bits per heavy atom. The molecule has 4 nitrogen and oxygen atoms in total. The number of carbonyl (C=O) groups excluding carboxylic acids is 1. The molecule has 2 saturated heterocycles. The van der Waals surface area contributed by atoms with Gasteiger partial charge in [0.05, 0.1) is 0 Å². The zero-order chi connectivity index (χ0) is 15.4. The second kappa shape index (κ2) is 10.1. The number of carbonyl (C=O) groups is 1. The molecule has 3 rings (SSSR count). The van der Waals surface area contributed by atoms with E-state index in [-0.39, 0.29) is 30.6 Å². The maximum Gasteiger partial charge on any atom is 0.222 e. The van der Waals surface area contributed by atoms with Crippen LogP contribution < -0.4 is 10.2 Å². The minimum Gasteiger partial charge on any atom is -0.368 e. The Hall–Kier alpha value is -1.04. The number of halogens is 3. The lowest BCUT2D eigenvalue weighted by molar-refractivity contribution is -0.132. The molecular formula is C17H26Cl2FN3O. The molecular weight excluding hydrogens is 352 g/mol. The highest BCUT2D eigenvalue weighted by Gasteiger charge is 2.24. The predicted octanol–water partition coefficient (Wildman–Crippen LogP) is 2.71. The first-order chi connectivity index (χ1) is 10.7. The van der Waals surface area contributed by atoms with E-state index < -0.39 is 0 Å². The Balaban J connectivity index is 0.00000144. The average molecular weight is 378 g/mol. The summed E-state index contributed by atoms with van der Waals surface area (Å²) in [6.07, 6.45) is 2.92. The molecule has 24 heavy (non-hydrogen) atoms. The van der Waals surface area contributed by atoms with Crippen LogP contribution in [0.2, 0.25) is 0 Å². The molecule has 2 aliphatic rings. The largest absolute Gasteiger partial charge is 0.368 e. The normalized spacial score (nSPS) is 18.5. The maximum atomic E-state index is 13.0. The first-order valence-electron chi connectivity index (χ1n) is 8.21. The van der Waals surface area contributed by atoms with E-state index >= 15 is 0 Å². The fourth-order valence-corrected chi connectivity index (χ4v) is 3.33. The summed E-state index contributed by atoms with van der Waals surface area (Å²) in [6, 6.07) is 6.59. The van der Waals surface area contributed by atoms with Crippen LogP contribution in [0, 0.1) is 11.7 Å². The third-order valence-corrected chi connectivity index (χ3v) is 4.75. The summed E-state index contributed by atoms with van der Waals surface area (Å²) in [7, 11) is 0. The third-order valence-electron chi connectivity index (χ3n) is 4.75. The van der Waals surface area contributed by atoms with Gasteiger partial charge in [0.2, 0.25) is 5.91 Å². The Morgan fingerprint density at radius 1 is 1.04 bits per heavy atom. The van der Waals surface area contributed by atoms with Gasteiger partial charge in [0, 0.05) is 38.3 Å². The van der Waals surface area contributed by atoms with Crippen LogP contribution in [0.1, 0.15) is 19.3 Å². The molecule has 1 amide bonds. The molecule has 0 unspecified atom stereocenters. The SMILES string of the molecule is Cl.Cl.O=C(CC1CCNCC1)N1CCN(c2ccc(F)cc2)CC1. The van der Waals surface area contributed by atoms with Crippen molar-refractivity contribution in [3.05, 3.63) is 30.1 Å². The highest BCUT2D eigenvalue weighted by molar-refractivity contribution is 5.85. The number of hydrogen-bond donors (Lipinski definition) is 1. The summed E-state index contributed by atoms with van der Waals surface area (Å²) in [5, 5.41) is 3.34. The van der Waals surface area contributed by atoms with E-state index in [1.807, 2.05) is 17.0 Å². The van der Waals surface area contributed by atoms with Crippen molar-refractivity contribution in [2.45, 2.75) is 19.3 Å². The molecule has 1 aromatic rings. The van der Waals surface area contributed by atoms with Crippen molar-refractivity contribution >= 4 is 36.4 Å². The van der Waals surface area contributed by atoms with Crippen molar-refractivity contribution in [3.63, 3.8) is 0 Å². The zero-order valence-corrected chi connectivity index (χ0v) is 15.4. The van der Waals surface area contributed by atoms with Gasteiger partial charge in [-0.2, -0.15) is 0 Å². The maximum absolute atomic E-state index is 13.0. The molecule has 136 valence electrons. The smallest absolute Gasteiger partial charge is 0.222 e. The van der Waals surface area contributed by atoms with E-state index in [0.717, 1.165) is 57.8 Å². The first-order valence-corrected chi connectivity index (χ1v) is 8.21. The van der Waals surface area contributed by atoms with Crippen LogP contribution in [0.3, 0.4) is 0 Å². The molecule has 1 N–H and O–H groups in total. The van der Waals surface area contributed by atoms with E-state index in [1.165, 1.54) is 12.1 Å². The van der Waals surface area contributed by atoms with Crippen molar-refractivity contribution in [1.29, 1.82) is 0 Å². The van der Waals surface area contributed by atoms with E-state index in [1.54, 1.807) is 0 Å². The van der Waals surface area contributed by atoms with Crippen LogP contribution in [0.25, 0.3) is 0 Å². The van der Waals surface area contributed by atoms with Gasteiger partial charge in [0.1, 0.15) is 5.82 Å². The topological polar surface area (TPSA) is 35.6 Å². The highest BCUT2D eigenvalue weighted by Crippen LogP contribution is 2.20. The van der Waals surface area contributed by atoms with Gasteiger partial charge >= 0.3 is 0 Å². The first kappa shape index (κ1) is 21.0.